The Kier molecular flexibility index (Phi) is 4.83. The molecule has 0 aliphatic carbocycles. The molecule has 1 aromatic heterocycles. The highest BCUT2D eigenvalue weighted by molar-refractivity contribution is 7.11. The van der Waals surface area contributed by atoms with Gasteiger partial charge >= 0.3 is 5.97 Å². The largest absolute Gasteiger partial charge is 0.476 e. The monoisotopic (exact) mass is 299 g/mol. The molecule has 0 aromatic carbocycles. The topological polar surface area (TPSA) is 108 Å². The van der Waals surface area contributed by atoms with Crippen molar-refractivity contribution in [2.75, 3.05) is 0 Å². The Morgan fingerprint density at radius 3 is 2.40 bits per heavy atom. The highest BCUT2D eigenvalue weighted by Crippen LogP contribution is 2.09. The Labute approximate surface area is 120 Å². The average molecular weight is 299 g/mol. The summed E-state index contributed by atoms with van der Waals surface area (Å²) < 4.78 is 0. The normalized spacial score (nSPS) is 12.6. The third kappa shape index (κ3) is 4.61. The smallest absolute Gasteiger partial charge is 0.365 e. The van der Waals surface area contributed by atoms with E-state index < -0.39 is 23.5 Å². The zero-order chi connectivity index (χ0) is 15.5. The van der Waals surface area contributed by atoms with Gasteiger partial charge in [0.05, 0.1) is 0 Å². The van der Waals surface area contributed by atoms with Crippen LogP contribution < -0.4 is 10.6 Å². The van der Waals surface area contributed by atoms with Crippen LogP contribution >= 0.6 is 11.3 Å². The van der Waals surface area contributed by atoms with Crippen molar-refractivity contribution in [1.29, 1.82) is 0 Å². The van der Waals surface area contributed by atoms with Gasteiger partial charge in [-0.1, -0.05) is 0 Å². The van der Waals surface area contributed by atoms with Crippen LogP contribution in [0.3, 0.4) is 0 Å². The number of carbonyl (C=O) groups excluding carboxylic acids is 2. The van der Waals surface area contributed by atoms with Crippen molar-refractivity contribution in [3.05, 3.63) is 16.1 Å². The minimum Gasteiger partial charge on any atom is -0.476 e. The summed E-state index contributed by atoms with van der Waals surface area (Å²) in [6.45, 7) is 7.04. The quantitative estimate of drug-likeness (QED) is 0.764. The van der Waals surface area contributed by atoms with E-state index >= 15 is 0 Å². The van der Waals surface area contributed by atoms with Gasteiger partial charge in [-0.2, -0.15) is 0 Å². The Morgan fingerprint density at radius 1 is 1.35 bits per heavy atom. The Balaban J connectivity index is 2.65. The number of amides is 2. The van der Waals surface area contributed by atoms with Crippen LogP contribution in [0.25, 0.3) is 0 Å². The summed E-state index contributed by atoms with van der Waals surface area (Å²) in [5.74, 6) is -2.09. The van der Waals surface area contributed by atoms with Gasteiger partial charge in [0.25, 0.3) is 5.91 Å². The van der Waals surface area contributed by atoms with Crippen LogP contribution in [0.15, 0.2) is 5.38 Å². The Morgan fingerprint density at radius 2 is 1.95 bits per heavy atom. The number of nitrogens with one attached hydrogen (secondary N) is 2. The van der Waals surface area contributed by atoms with Gasteiger partial charge in [0.1, 0.15) is 11.7 Å². The summed E-state index contributed by atoms with van der Waals surface area (Å²) in [6, 6.07) is -0.739. The fourth-order valence-corrected chi connectivity index (χ4v) is 1.93. The number of nitrogens with zero attached hydrogens (tertiary/aromatic N) is 1. The molecule has 0 saturated heterocycles. The zero-order valence-electron chi connectivity index (χ0n) is 11.7. The molecule has 0 bridgehead atoms. The molecule has 1 rings (SSSR count). The maximum Gasteiger partial charge on any atom is 0.365 e. The second-order valence-corrected chi connectivity index (χ2v) is 6.14. The number of carbonyl (C=O) groups is 3. The van der Waals surface area contributed by atoms with Crippen molar-refractivity contribution in [2.45, 2.75) is 39.3 Å². The van der Waals surface area contributed by atoms with Gasteiger partial charge in [0.2, 0.25) is 10.9 Å². The molecule has 110 valence electrons. The van der Waals surface area contributed by atoms with E-state index in [1.165, 1.54) is 5.38 Å². The van der Waals surface area contributed by atoms with Crippen LogP contribution in [0, 0.1) is 0 Å². The molecule has 1 aromatic rings. The molecular weight excluding hydrogens is 282 g/mol. The number of hydrogen-bond acceptors (Lipinski definition) is 5. The lowest BCUT2D eigenvalue weighted by atomic mass is 10.1. The number of thiazole rings is 1. The standard InChI is InChI=1S/C12H17N3O4S/c1-6(8(16)15-12(2,3)4)13-9(17)7-5-20-10(14-7)11(18)19/h5-6H,1-4H3,(H,13,17)(H,15,16)(H,18,19). The molecule has 0 saturated carbocycles. The van der Waals surface area contributed by atoms with Gasteiger partial charge < -0.3 is 15.7 Å². The summed E-state index contributed by atoms with van der Waals surface area (Å²) >= 11 is 0.859. The molecule has 2 amide bonds. The van der Waals surface area contributed by atoms with E-state index in [-0.39, 0.29) is 16.6 Å². The van der Waals surface area contributed by atoms with E-state index in [1.54, 1.807) is 6.92 Å². The maximum absolute atomic E-state index is 11.8. The lowest BCUT2D eigenvalue weighted by Crippen LogP contribution is -2.50. The van der Waals surface area contributed by atoms with Crippen LogP contribution in [0.1, 0.15) is 48.0 Å². The number of hydrogen-bond donors (Lipinski definition) is 3. The van der Waals surface area contributed by atoms with Gasteiger partial charge in [0.15, 0.2) is 0 Å². The molecule has 0 fully saturated rings. The fraction of sp³-hybridized carbons (Fsp3) is 0.500. The second-order valence-electron chi connectivity index (χ2n) is 5.28. The molecular formula is C12H17N3O4S. The van der Waals surface area contributed by atoms with Crippen molar-refractivity contribution in [3.63, 3.8) is 0 Å². The van der Waals surface area contributed by atoms with Crippen molar-refractivity contribution in [1.82, 2.24) is 15.6 Å². The van der Waals surface area contributed by atoms with Gasteiger partial charge in [-0.3, -0.25) is 9.59 Å². The maximum atomic E-state index is 11.8. The van der Waals surface area contributed by atoms with Gasteiger partial charge in [-0.15, -0.1) is 11.3 Å². The third-order valence-electron chi connectivity index (χ3n) is 2.16. The number of aromatic nitrogens is 1. The number of rotatable bonds is 4. The van der Waals surface area contributed by atoms with Crippen LogP contribution in [0.5, 0.6) is 0 Å². The minimum absolute atomic E-state index is 0.0113. The molecule has 7 nitrogen and oxygen atoms in total. The van der Waals surface area contributed by atoms with E-state index in [9.17, 15) is 14.4 Å². The number of carboxylic acid groups (broad SMARTS) is 1. The van der Waals surface area contributed by atoms with E-state index in [4.69, 9.17) is 5.11 Å². The zero-order valence-corrected chi connectivity index (χ0v) is 12.5. The van der Waals surface area contributed by atoms with Crippen molar-refractivity contribution < 1.29 is 19.5 Å². The third-order valence-corrected chi connectivity index (χ3v) is 2.99. The predicted molar refractivity (Wildman–Crippen MR) is 73.9 cm³/mol. The average Bonchev–Trinajstić information content (AvgIpc) is 2.75. The second kappa shape index (κ2) is 6.00. The molecule has 0 spiro atoms. The minimum atomic E-state index is -1.19. The highest BCUT2D eigenvalue weighted by atomic mass is 32.1. The van der Waals surface area contributed by atoms with E-state index in [2.05, 4.69) is 15.6 Å². The molecule has 0 radical (unpaired) electrons. The molecule has 1 heterocycles. The number of aromatic carboxylic acids is 1. The first-order valence-electron chi connectivity index (χ1n) is 5.92. The molecule has 1 atom stereocenters. The molecule has 0 aliphatic rings. The first-order valence-corrected chi connectivity index (χ1v) is 6.80. The fourth-order valence-electron chi connectivity index (χ4n) is 1.29. The first-order chi connectivity index (χ1) is 9.10. The van der Waals surface area contributed by atoms with Crippen molar-refractivity contribution in [3.8, 4) is 0 Å². The Bertz CT molecular complexity index is 533. The number of carboxylic acids is 1. The lowest BCUT2D eigenvalue weighted by molar-refractivity contribution is -0.124. The Hall–Kier alpha value is -1.96. The van der Waals surface area contributed by atoms with Crippen LogP contribution in [-0.2, 0) is 4.79 Å². The summed E-state index contributed by atoms with van der Waals surface area (Å²) in [5.41, 5.74) is -0.407. The predicted octanol–water partition coefficient (Wildman–Crippen LogP) is 0.874. The summed E-state index contributed by atoms with van der Waals surface area (Å²) in [5, 5.41) is 15.1. The van der Waals surface area contributed by atoms with Crippen LogP contribution in [-0.4, -0.2) is 39.5 Å². The van der Waals surface area contributed by atoms with Crippen molar-refractivity contribution >= 4 is 29.1 Å². The van der Waals surface area contributed by atoms with Gasteiger partial charge in [-0.05, 0) is 27.7 Å². The van der Waals surface area contributed by atoms with Crippen LogP contribution in [0.4, 0.5) is 0 Å². The van der Waals surface area contributed by atoms with E-state index in [0.29, 0.717) is 0 Å². The SMILES string of the molecule is CC(NC(=O)c1csc(C(=O)O)n1)C(=O)NC(C)(C)C. The molecule has 0 aliphatic heterocycles. The molecule has 20 heavy (non-hydrogen) atoms. The van der Waals surface area contributed by atoms with E-state index in [0.717, 1.165) is 11.3 Å². The summed E-state index contributed by atoms with van der Waals surface area (Å²) in [4.78, 5) is 38.0. The van der Waals surface area contributed by atoms with Gasteiger partial charge in [-0.25, -0.2) is 9.78 Å². The summed E-state index contributed by atoms with van der Waals surface area (Å²) in [7, 11) is 0. The van der Waals surface area contributed by atoms with E-state index in [1.807, 2.05) is 20.8 Å². The highest BCUT2D eigenvalue weighted by Gasteiger charge is 2.22. The molecule has 1 unspecified atom stereocenters. The van der Waals surface area contributed by atoms with Gasteiger partial charge in [0, 0.05) is 10.9 Å². The lowest BCUT2D eigenvalue weighted by Gasteiger charge is -2.23. The summed E-state index contributed by atoms with van der Waals surface area (Å²) in [6.07, 6.45) is 0. The molecule has 3 N–H and O–H groups in total. The van der Waals surface area contributed by atoms with Crippen LogP contribution in [0.2, 0.25) is 0 Å². The molecule has 8 heteroatoms. The van der Waals surface area contributed by atoms with Crippen molar-refractivity contribution in [2.24, 2.45) is 0 Å². The first kappa shape index (κ1) is 16.1.